The topological polar surface area (TPSA) is 76.5 Å². The number of carbonyl (C=O) groups excluding carboxylic acids is 2. The van der Waals surface area contributed by atoms with Gasteiger partial charge in [-0.05, 0) is 56.0 Å². The molecule has 2 aromatic carbocycles. The number of amides is 2. The normalized spacial score (nSPS) is 13.6. The zero-order chi connectivity index (χ0) is 23.2. The third kappa shape index (κ3) is 5.25. The Morgan fingerprint density at radius 1 is 0.970 bits per heavy atom. The van der Waals surface area contributed by atoms with Crippen molar-refractivity contribution in [3.05, 3.63) is 60.3 Å². The van der Waals surface area contributed by atoms with E-state index in [1.807, 2.05) is 66.4 Å². The number of hydrogen-bond acceptors (Lipinski definition) is 4. The molecule has 0 unspecified atom stereocenters. The molecule has 3 aromatic rings. The molecule has 7 heteroatoms. The van der Waals surface area contributed by atoms with Gasteiger partial charge in [0, 0.05) is 31.5 Å². The Bertz CT molecular complexity index is 1100. The first kappa shape index (κ1) is 22.6. The molecule has 1 fully saturated rings. The van der Waals surface area contributed by atoms with Gasteiger partial charge in [0.05, 0.1) is 18.5 Å². The standard InChI is InChI=1S/C26H30N4O3/c1-19-25(20-9-5-3-6-10-20)26(30(28-19)21-11-13-22(33-2)14-12-21)27-23(31)15-16-24(32)29-17-7-4-8-18-29/h3,5-6,9-14H,4,7-8,15-18H2,1-2H3,(H,27,31). The molecule has 0 aliphatic carbocycles. The molecule has 1 aromatic heterocycles. The number of nitrogens with zero attached hydrogens (tertiary/aromatic N) is 3. The molecular weight excluding hydrogens is 416 g/mol. The second-order valence-corrected chi connectivity index (χ2v) is 8.27. The highest BCUT2D eigenvalue weighted by atomic mass is 16.5. The summed E-state index contributed by atoms with van der Waals surface area (Å²) in [7, 11) is 1.62. The van der Waals surface area contributed by atoms with Crippen molar-refractivity contribution in [1.82, 2.24) is 14.7 Å². The minimum absolute atomic E-state index is 0.0491. The van der Waals surface area contributed by atoms with E-state index in [0.717, 1.165) is 54.2 Å². The van der Waals surface area contributed by atoms with E-state index in [1.54, 1.807) is 11.8 Å². The number of aryl methyl sites for hydroxylation is 1. The van der Waals surface area contributed by atoms with Crippen LogP contribution < -0.4 is 10.1 Å². The number of likely N-dealkylation sites (tertiary alicyclic amines) is 1. The molecule has 1 aliphatic heterocycles. The van der Waals surface area contributed by atoms with Crippen LogP contribution in [0.3, 0.4) is 0 Å². The number of ether oxygens (including phenoxy) is 1. The van der Waals surface area contributed by atoms with E-state index < -0.39 is 0 Å². The highest BCUT2D eigenvalue weighted by Crippen LogP contribution is 2.34. The van der Waals surface area contributed by atoms with E-state index in [2.05, 4.69) is 5.32 Å². The first-order valence-electron chi connectivity index (χ1n) is 11.4. The van der Waals surface area contributed by atoms with Crippen molar-refractivity contribution in [3.8, 4) is 22.6 Å². The lowest BCUT2D eigenvalue weighted by molar-refractivity contribution is -0.133. The largest absolute Gasteiger partial charge is 0.497 e. The van der Waals surface area contributed by atoms with Crippen molar-refractivity contribution in [3.63, 3.8) is 0 Å². The molecule has 4 rings (SSSR count). The summed E-state index contributed by atoms with van der Waals surface area (Å²) in [5.41, 5.74) is 3.44. The van der Waals surface area contributed by atoms with E-state index in [0.29, 0.717) is 5.82 Å². The van der Waals surface area contributed by atoms with Gasteiger partial charge in [0.1, 0.15) is 11.6 Å². The molecule has 0 radical (unpaired) electrons. The highest BCUT2D eigenvalue weighted by molar-refractivity contribution is 5.97. The van der Waals surface area contributed by atoms with Gasteiger partial charge in [-0.15, -0.1) is 0 Å². The lowest BCUT2D eigenvalue weighted by atomic mass is 10.1. The van der Waals surface area contributed by atoms with Crippen molar-refractivity contribution in [2.24, 2.45) is 0 Å². The van der Waals surface area contributed by atoms with Gasteiger partial charge in [0.25, 0.3) is 0 Å². The molecule has 0 spiro atoms. The zero-order valence-corrected chi connectivity index (χ0v) is 19.2. The monoisotopic (exact) mass is 446 g/mol. The number of nitrogens with one attached hydrogen (secondary N) is 1. The molecule has 172 valence electrons. The van der Waals surface area contributed by atoms with Crippen LogP contribution in [-0.4, -0.2) is 46.7 Å². The predicted molar refractivity (Wildman–Crippen MR) is 129 cm³/mol. The summed E-state index contributed by atoms with van der Waals surface area (Å²) in [6.07, 6.45) is 3.59. The number of aromatic nitrogens is 2. The second kappa shape index (κ2) is 10.3. The fraction of sp³-hybridized carbons (Fsp3) is 0.346. The third-order valence-corrected chi connectivity index (χ3v) is 5.97. The first-order valence-corrected chi connectivity index (χ1v) is 11.4. The fourth-order valence-corrected chi connectivity index (χ4v) is 4.22. The van der Waals surface area contributed by atoms with Crippen molar-refractivity contribution in [2.45, 2.75) is 39.0 Å². The summed E-state index contributed by atoms with van der Waals surface area (Å²) in [4.78, 5) is 27.3. The van der Waals surface area contributed by atoms with Crippen molar-refractivity contribution in [2.75, 3.05) is 25.5 Å². The number of piperidine rings is 1. The maximum absolute atomic E-state index is 12.9. The van der Waals surface area contributed by atoms with Crippen LogP contribution in [0.5, 0.6) is 5.75 Å². The van der Waals surface area contributed by atoms with Gasteiger partial charge in [0.15, 0.2) is 0 Å². The molecule has 2 amide bonds. The van der Waals surface area contributed by atoms with Crippen LogP contribution in [0.1, 0.15) is 37.8 Å². The number of hydrogen-bond donors (Lipinski definition) is 1. The summed E-state index contributed by atoms with van der Waals surface area (Å²) < 4.78 is 7.00. The first-order chi connectivity index (χ1) is 16.1. The van der Waals surface area contributed by atoms with Crippen LogP contribution in [0.25, 0.3) is 16.8 Å². The van der Waals surface area contributed by atoms with Crippen LogP contribution in [0.4, 0.5) is 5.82 Å². The minimum Gasteiger partial charge on any atom is -0.497 e. The van der Waals surface area contributed by atoms with E-state index in [4.69, 9.17) is 9.84 Å². The van der Waals surface area contributed by atoms with Gasteiger partial charge in [0.2, 0.25) is 11.8 Å². The minimum atomic E-state index is -0.202. The predicted octanol–water partition coefficient (Wildman–Crippen LogP) is 4.59. The number of carbonyl (C=O) groups is 2. The lowest BCUT2D eigenvalue weighted by Crippen LogP contribution is -2.36. The Kier molecular flexibility index (Phi) is 7.07. The van der Waals surface area contributed by atoms with E-state index in [1.165, 1.54) is 6.42 Å². The Morgan fingerprint density at radius 3 is 2.33 bits per heavy atom. The van der Waals surface area contributed by atoms with Gasteiger partial charge in [-0.3, -0.25) is 9.59 Å². The molecule has 2 heterocycles. The maximum Gasteiger partial charge on any atom is 0.226 e. The molecule has 7 nitrogen and oxygen atoms in total. The molecule has 1 saturated heterocycles. The summed E-state index contributed by atoms with van der Waals surface area (Å²) >= 11 is 0. The number of anilines is 1. The van der Waals surface area contributed by atoms with Gasteiger partial charge in [-0.1, -0.05) is 30.3 Å². The molecule has 1 aliphatic rings. The number of rotatable bonds is 7. The zero-order valence-electron chi connectivity index (χ0n) is 19.2. The Labute approximate surface area is 194 Å². The summed E-state index contributed by atoms with van der Waals surface area (Å²) in [6, 6.07) is 17.4. The SMILES string of the molecule is COc1ccc(-n2nc(C)c(-c3ccccc3)c2NC(=O)CCC(=O)N2CCCCC2)cc1. The Balaban J connectivity index is 1.59. The Morgan fingerprint density at radius 2 is 1.67 bits per heavy atom. The van der Waals surface area contributed by atoms with Crippen molar-refractivity contribution >= 4 is 17.6 Å². The van der Waals surface area contributed by atoms with Gasteiger partial charge in [-0.25, -0.2) is 4.68 Å². The van der Waals surface area contributed by atoms with Gasteiger partial charge in [-0.2, -0.15) is 5.10 Å². The molecule has 0 atom stereocenters. The van der Waals surface area contributed by atoms with E-state index in [9.17, 15) is 9.59 Å². The molecule has 33 heavy (non-hydrogen) atoms. The van der Waals surface area contributed by atoms with Crippen molar-refractivity contribution < 1.29 is 14.3 Å². The average molecular weight is 447 g/mol. The van der Waals surface area contributed by atoms with E-state index in [-0.39, 0.29) is 24.7 Å². The second-order valence-electron chi connectivity index (χ2n) is 8.27. The van der Waals surface area contributed by atoms with Crippen molar-refractivity contribution in [1.29, 1.82) is 0 Å². The molecular formula is C26H30N4O3. The molecule has 0 bridgehead atoms. The van der Waals surface area contributed by atoms with Gasteiger partial charge >= 0.3 is 0 Å². The van der Waals surface area contributed by atoms with Crippen LogP contribution >= 0.6 is 0 Å². The maximum atomic E-state index is 12.9. The Hall–Kier alpha value is -3.61. The summed E-state index contributed by atoms with van der Waals surface area (Å²) in [6.45, 7) is 3.52. The number of methoxy groups -OCH3 is 1. The fourth-order valence-electron chi connectivity index (χ4n) is 4.22. The van der Waals surface area contributed by atoms with Crippen LogP contribution in [0, 0.1) is 6.92 Å². The van der Waals surface area contributed by atoms with Crippen LogP contribution in [0.15, 0.2) is 54.6 Å². The quantitative estimate of drug-likeness (QED) is 0.576. The smallest absolute Gasteiger partial charge is 0.226 e. The van der Waals surface area contributed by atoms with Crippen LogP contribution in [0.2, 0.25) is 0 Å². The van der Waals surface area contributed by atoms with Crippen LogP contribution in [-0.2, 0) is 9.59 Å². The van der Waals surface area contributed by atoms with Gasteiger partial charge < -0.3 is 15.0 Å². The number of benzene rings is 2. The molecule has 0 saturated carbocycles. The lowest BCUT2D eigenvalue weighted by Gasteiger charge is -2.26. The average Bonchev–Trinajstić information content (AvgIpc) is 3.19. The summed E-state index contributed by atoms with van der Waals surface area (Å²) in [5, 5.41) is 7.76. The summed E-state index contributed by atoms with van der Waals surface area (Å²) in [5.74, 6) is 1.19. The highest BCUT2D eigenvalue weighted by Gasteiger charge is 2.22. The molecule has 1 N–H and O–H groups in total. The van der Waals surface area contributed by atoms with E-state index >= 15 is 0 Å². The third-order valence-electron chi connectivity index (χ3n) is 5.97.